The molecule has 1 aromatic rings. The van der Waals surface area contributed by atoms with Crippen molar-refractivity contribution >= 4 is 23.8 Å². The molecular formula is C18H25N3O4. The minimum atomic E-state index is -0.798. The third kappa shape index (κ3) is 6.66. The van der Waals surface area contributed by atoms with Gasteiger partial charge < -0.3 is 21.1 Å². The van der Waals surface area contributed by atoms with Gasteiger partial charge in [0.05, 0.1) is 7.11 Å². The maximum atomic E-state index is 12.1. The van der Waals surface area contributed by atoms with Crippen molar-refractivity contribution in [3.8, 4) is 5.75 Å². The first kappa shape index (κ1) is 20.2. The van der Waals surface area contributed by atoms with Gasteiger partial charge in [0.25, 0.3) is 0 Å². The molecule has 0 aliphatic carbocycles. The Morgan fingerprint density at radius 1 is 1.08 bits per heavy atom. The molecule has 0 saturated carbocycles. The van der Waals surface area contributed by atoms with Crippen molar-refractivity contribution in [3.05, 3.63) is 35.9 Å². The van der Waals surface area contributed by atoms with Gasteiger partial charge in [-0.15, -0.1) is 0 Å². The van der Waals surface area contributed by atoms with E-state index in [2.05, 4.69) is 10.6 Å². The number of hydrogen-bond donors (Lipinski definition) is 3. The Bertz CT molecular complexity index is 638. The lowest BCUT2D eigenvalue weighted by Crippen LogP contribution is -2.53. The number of primary amides is 1. The number of rotatable bonds is 8. The summed E-state index contributed by atoms with van der Waals surface area (Å²) in [7, 11) is 1.58. The monoisotopic (exact) mass is 347 g/mol. The van der Waals surface area contributed by atoms with Crippen molar-refractivity contribution in [1.29, 1.82) is 0 Å². The number of amides is 3. The standard InChI is InChI=1S/C18H25N3O4/c1-11(2)16(17(19)23)21-18(24)12(3)20-15(22)10-7-13-5-8-14(25-4)9-6-13/h5-12,16H,1-4H3,(H2,19,23)(H,20,22)(H,21,24)/b10-7-/t12-,16+/m1/s1. The Morgan fingerprint density at radius 2 is 1.68 bits per heavy atom. The van der Waals surface area contributed by atoms with Crippen LogP contribution < -0.4 is 21.1 Å². The summed E-state index contributed by atoms with van der Waals surface area (Å²) < 4.78 is 5.06. The summed E-state index contributed by atoms with van der Waals surface area (Å²) in [6.07, 6.45) is 2.96. The third-order valence-corrected chi connectivity index (χ3v) is 3.57. The van der Waals surface area contributed by atoms with E-state index in [0.29, 0.717) is 0 Å². The Hall–Kier alpha value is -2.83. The molecular weight excluding hydrogens is 322 g/mol. The van der Waals surface area contributed by atoms with Crippen LogP contribution in [-0.4, -0.2) is 36.9 Å². The van der Waals surface area contributed by atoms with Gasteiger partial charge in [-0.05, 0) is 36.6 Å². The summed E-state index contributed by atoms with van der Waals surface area (Å²) in [5.41, 5.74) is 6.08. The first-order valence-corrected chi connectivity index (χ1v) is 7.97. The molecule has 4 N–H and O–H groups in total. The molecule has 0 unspecified atom stereocenters. The van der Waals surface area contributed by atoms with Crippen molar-refractivity contribution in [2.75, 3.05) is 7.11 Å². The second kappa shape index (κ2) is 9.46. The maximum Gasteiger partial charge on any atom is 0.244 e. The highest BCUT2D eigenvalue weighted by molar-refractivity contribution is 5.96. The SMILES string of the molecule is COc1ccc(/C=C\C(=O)N[C@H](C)C(=O)N[C@H](C(N)=O)C(C)C)cc1. The second-order valence-electron chi connectivity index (χ2n) is 5.97. The Morgan fingerprint density at radius 3 is 2.16 bits per heavy atom. The van der Waals surface area contributed by atoms with Gasteiger partial charge in [0.1, 0.15) is 17.8 Å². The van der Waals surface area contributed by atoms with E-state index >= 15 is 0 Å². The summed E-state index contributed by atoms with van der Waals surface area (Å²) in [6, 6.07) is 5.60. The van der Waals surface area contributed by atoms with E-state index in [-0.39, 0.29) is 5.92 Å². The van der Waals surface area contributed by atoms with Crippen LogP contribution in [0.2, 0.25) is 0 Å². The van der Waals surface area contributed by atoms with Gasteiger partial charge in [0.15, 0.2) is 0 Å². The highest BCUT2D eigenvalue weighted by atomic mass is 16.5. The Kier molecular flexibility index (Phi) is 7.65. The second-order valence-corrected chi connectivity index (χ2v) is 5.97. The average Bonchev–Trinajstić information content (AvgIpc) is 2.57. The highest BCUT2D eigenvalue weighted by Crippen LogP contribution is 2.12. The number of benzene rings is 1. The van der Waals surface area contributed by atoms with Gasteiger partial charge in [-0.25, -0.2) is 0 Å². The molecule has 0 fully saturated rings. The van der Waals surface area contributed by atoms with E-state index in [1.54, 1.807) is 51.3 Å². The van der Waals surface area contributed by atoms with Crippen LogP contribution in [0.25, 0.3) is 6.08 Å². The molecule has 7 nitrogen and oxygen atoms in total. The molecule has 0 saturated heterocycles. The number of carbonyl (C=O) groups excluding carboxylic acids is 3. The zero-order chi connectivity index (χ0) is 19.0. The molecule has 3 amide bonds. The summed E-state index contributed by atoms with van der Waals surface area (Å²) in [5.74, 6) is -0.913. The summed E-state index contributed by atoms with van der Waals surface area (Å²) in [6.45, 7) is 5.08. The van der Waals surface area contributed by atoms with Crippen molar-refractivity contribution in [2.45, 2.75) is 32.9 Å². The van der Waals surface area contributed by atoms with E-state index in [4.69, 9.17) is 10.5 Å². The summed E-state index contributed by atoms with van der Waals surface area (Å²) in [5, 5.41) is 5.08. The topological polar surface area (TPSA) is 111 Å². The lowest BCUT2D eigenvalue weighted by molar-refractivity contribution is -0.130. The zero-order valence-corrected chi connectivity index (χ0v) is 14.9. The van der Waals surface area contributed by atoms with E-state index < -0.39 is 29.8 Å². The fourth-order valence-corrected chi connectivity index (χ4v) is 2.06. The molecule has 25 heavy (non-hydrogen) atoms. The van der Waals surface area contributed by atoms with E-state index in [1.165, 1.54) is 13.0 Å². The lowest BCUT2D eigenvalue weighted by Gasteiger charge is -2.21. The van der Waals surface area contributed by atoms with Crippen LogP contribution in [0.5, 0.6) is 5.75 Å². The maximum absolute atomic E-state index is 12.1. The van der Waals surface area contributed by atoms with E-state index in [1.807, 2.05) is 0 Å². The van der Waals surface area contributed by atoms with Gasteiger partial charge in [-0.2, -0.15) is 0 Å². The zero-order valence-electron chi connectivity index (χ0n) is 14.9. The normalized spacial score (nSPS) is 13.3. The van der Waals surface area contributed by atoms with Crippen LogP contribution in [0.15, 0.2) is 30.3 Å². The third-order valence-electron chi connectivity index (χ3n) is 3.57. The molecule has 0 aliphatic rings. The molecule has 1 aromatic carbocycles. The van der Waals surface area contributed by atoms with Gasteiger partial charge in [0, 0.05) is 6.08 Å². The molecule has 0 radical (unpaired) electrons. The number of carbonyl (C=O) groups is 3. The molecule has 0 aromatic heterocycles. The van der Waals surface area contributed by atoms with Gasteiger partial charge in [-0.1, -0.05) is 26.0 Å². The Balaban J connectivity index is 2.58. The van der Waals surface area contributed by atoms with Crippen LogP contribution >= 0.6 is 0 Å². The molecule has 7 heteroatoms. The first-order chi connectivity index (χ1) is 11.7. The fourth-order valence-electron chi connectivity index (χ4n) is 2.06. The molecule has 0 aliphatic heterocycles. The van der Waals surface area contributed by atoms with Crippen LogP contribution in [0, 0.1) is 5.92 Å². The van der Waals surface area contributed by atoms with Crippen LogP contribution in [-0.2, 0) is 14.4 Å². The quantitative estimate of drug-likeness (QED) is 0.605. The fraction of sp³-hybridized carbons (Fsp3) is 0.389. The van der Waals surface area contributed by atoms with Crippen LogP contribution in [0.3, 0.4) is 0 Å². The smallest absolute Gasteiger partial charge is 0.244 e. The van der Waals surface area contributed by atoms with Crippen molar-refractivity contribution in [1.82, 2.24) is 10.6 Å². The molecule has 1 rings (SSSR count). The van der Waals surface area contributed by atoms with Gasteiger partial charge in [0.2, 0.25) is 17.7 Å². The summed E-state index contributed by atoms with van der Waals surface area (Å²) >= 11 is 0. The van der Waals surface area contributed by atoms with Crippen LogP contribution in [0.1, 0.15) is 26.3 Å². The minimum Gasteiger partial charge on any atom is -0.497 e. The van der Waals surface area contributed by atoms with Crippen molar-refractivity contribution < 1.29 is 19.1 Å². The van der Waals surface area contributed by atoms with E-state index in [9.17, 15) is 14.4 Å². The van der Waals surface area contributed by atoms with Gasteiger partial charge >= 0.3 is 0 Å². The molecule has 0 heterocycles. The number of nitrogens with one attached hydrogen (secondary N) is 2. The van der Waals surface area contributed by atoms with Crippen LogP contribution in [0.4, 0.5) is 0 Å². The highest BCUT2D eigenvalue weighted by Gasteiger charge is 2.24. The first-order valence-electron chi connectivity index (χ1n) is 7.97. The number of nitrogens with two attached hydrogens (primary N) is 1. The van der Waals surface area contributed by atoms with Crippen molar-refractivity contribution in [2.24, 2.45) is 11.7 Å². The lowest BCUT2D eigenvalue weighted by atomic mass is 10.0. The molecule has 0 spiro atoms. The largest absolute Gasteiger partial charge is 0.497 e. The molecule has 0 bridgehead atoms. The van der Waals surface area contributed by atoms with E-state index in [0.717, 1.165) is 11.3 Å². The summed E-state index contributed by atoms with van der Waals surface area (Å²) in [4.78, 5) is 35.3. The minimum absolute atomic E-state index is 0.140. The number of hydrogen-bond acceptors (Lipinski definition) is 4. The average molecular weight is 347 g/mol. The predicted octanol–water partition coefficient (Wildman–Crippen LogP) is 0.839. The van der Waals surface area contributed by atoms with Gasteiger partial charge in [-0.3, -0.25) is 14.4 Å². The molecule has 136 valence electrons. The number of methoxy groups -OCH3 is 1. The molecule has 2 atom stereocenters. The Labute approximate surface area is 147 Å². The number of ether oxygens (including phenoxy) is 1. The van der Waals surface area contributed by atoms with Crippen molar-refractivity contribution in [3.63, 3.8) is 0 Å². The predicted molar refractivity (Wildman–Crippen MR) is 95.6 cm³/mol.